The van der Waals surface area contributed by atoms with Gasteiger partial charge in [0.1, 0.15) is 11.5 Å². The van der Waals surface area contributed by atoms with Gasteiger partial charge in [-0.25, -0.2) is 6.57 Å². The van der Waals surface area contributed by atoms with Gasteiger partial charge in [0.15, 0.2) is 0 Å². The maximum atomic E-state index is 7.77. The maximum absolute atomic E-state index is 7.77. The molecule has 25 heavy (non-hydrogen) atoms. The Morgan fingerprint density at radius 2 is 1.96 bits per heavy atom. The Morgan fingerprint density at radius 3 is 2.64 bits per heavy atom. The van der Waals surface area contributed by atoms with Crippen LogP contribution in [0.4, 0.5) is 0 Å². The molecule has 1 aromatic carbocycles. The van der Waals surface area contributed by atoms with E-state index >= 15 is 0 Å². The van der Waals surface area contributed by atoms with Gasteiger partial charge in [-0.2, -0.15) is 0 Å². The SMILES string of the molecule is [C-]#[N+]C1(C)CC=C[C@@H](c2c(OC)ccc(OC)c2Br)[C@@H]2CCCC=C21. The Balaban J connectivity index is 2.17. The highest BCUT2D eigenvalue weighted by atomic mass is 79.9. The number of hydrogen-bond acceptors (Lipinski definition) is 2. The first-order chi connectivity index (χ1) is 12.1. The van der Waals surface area contributed by atoms with Crippen LogP contribution in [0.15, 0.2) is 40.4 Å². The number of fused-ring (bicyclic) bond motifs is 1. The van der Waals surface area contributed by atoms with Crippen molar-refractivity contribution in [3.8, 4) is 11.5 Å². The van der Waals surface area contributed by atoms with Gasteiger partial charge in [-0.1, -0.05) is 18.2 Å². The number of allylic oxidation sites excluding steroid dienone is 2. The molecule has 0 N–H and O–H groups in total. The van der Waals surface area contributed by atoms with Crippen LogP contribution in [0.25, 0.3) is 4.85 Å². The molecule has 0 radical (unpaired) electrons. The van der Waals surface area contributed by atoms with Gasteiger partial charge in [-0.3, -0.25) is 0 Å². The highest BCUT2D eigenvalue weighted by molar-refractivity contribution is 9.10. The van der Waals surface area contributed by atoms with E-state index in [9.17, 15) is 0 Å². The third-order valence-electron chi connectivity index (χ3n) is 5.52. The normalized spacial score (nSPS) is 28.4. The molecule has 2 aliphatic rings. The van der Waals surface area contributed by atoms with Gasteiger partial charge in [-0.05, 0) is 53.2 Å². The quantitative estimate of drug-likeness (QED) is 0.463. The van der Waals surface area contributed by atoms with Crippen LogP contribution in [0.3, 0.4) is 0 Å². The van der Waals surface area contributed by atoms with E-state index in [0.29, 0.717) is 5.92 Å². The molecule has 0 spiro atoms. The van der Waals surface area contributed by atoms with Gasteiger partial charge in [-0.15, -0.1) is 0 Å². The van der Waals surface area contributed by atoms with Crippen LogP contribution in [0.2, 0.25) is 0 Å². The highest BCUT2D eigenvalue weighted by Gasteiger charge is 2.44. The largest absolute Gasteiger partial charge is 0.496 e. The van der Waals surface area contributed by atoms with Crippen molar-refractivity contribution in [1.82, 2.24) is 0 Å². The van der Waals surface area contributed by atoms with Gasteiger partial charge < -0.3 is 14.3 Å². The van der Waals surface area contributed by atoms with Crippen LogP contribution >= 0.6 is 15.9 Å². The molecule has 0 fully saturated rings. The van der Waals surface area contributed by atoms with Crippen LogP contribution < -0.4 is 9.47 Å². The predicted octanol–water partition coefficient (Wildman–Crippen LogP) is 5.91. The van der Waals surface area contributed by atoms with Crippen molar-refractivity contribution < 1.29 is 9.47 Å². The molecule has 0 heterocycles. The molecule has 3 nitrogen and oxygen atoms in total. The molecule has 4 heteroatoms. The van der Waals surface area contributed by atoms with Crippen molar-refractivity contribution in [2.75, 3.05) is 14.2 Å². The lowest BCUT2D eigenvalue weighted by atomic mass is 9.70. The number of methoxy groups -OCH3 is 2. The van der Waals surface area contributed by atoms with Crippen LogP contribution in [0, 0.1) is 12.5 Å². The Bertz CT molecular complexity index is 762. The number of halogens is 1. The second-order valence-corrected chi connectivity index (χ2v) is 7.73. The van der Waals surface area contributed by atoms with Crippen molar-refractivity contribution >= 4 is 15.9 Å². The van der Waals surface area contributed by atoms with Crippen LogP contribution in [-0.4, -0.2) is 19.8 Å². The molecular weight excluding hydrogens is 378 g/mol. The molecule has 0 bridgehead atoms. The highest BCUT2D eigenvalue weighted by Crippen LogP contribution is 2.51. The van der Waals surface area contributed by atoms with Gasteiger partial charge in [0.2, 0.25) is 0 Å². The van der Waals surface area contributed by atoms with E-state index in [-0.39, 0.29) is 5.92 Å². The number of ether oxygens (including phenoxy) is 2. The summed E-state index contributed by atoms with van der Waals surface area (Å²) in [5.74, 6) is 2.17. The van der Waals surface area contributed by atoms with Crippen molar-refractivity contribution in [3.05, 3.63) is 57.4 Å². The van der Waals surface area contributed by atoms with Crippen LogP contribution in [0.1, 0.15) is 44.1 Å². The molecule has 0 saturated heterocycles. The average molecular weight is 402 g/mol. The van der Waals surface area contributed by atoms with E-state index in [1.54, 1.807) is 14.2 Å². The number of nitrogens with zero attached hydrogens (tertiary/aromatic N) is 1. The van der Waals surface area contributed by atoms with Crippen molar-refractivity contribution in [3.63, 3.8) is 0 Å². The minimum absolute atomic E-state index is 0.176. The lowest BCUT2D eigenvalue weighted by Gasteiger charge is -2.33. The molecule has 0 saturated carbocycles. The summed E-state index contributed by atoms with van der Waals surface area (Å²) in [6.45, 7) is 9.84. The second-order valence-electron chi connectivity index (χ2n) is 6.94. The zero-order valence-corrected chi connectivity index (χ0v) is 16.6. The Kier molecular flexibility index (Phi) is 5.24. The van der Waals surface area contributed by atoms with Crippen LogP contribution in [0.5, 0.6) is 11.5 Å². The summed E-state index contributed by atoms with van der Waals surface area (Å²) < 4.78 is 12.1. The monoisotopic (exact) mass is 401 g/mol. The molecular formula is C21H24BrNO2. The van der Waals surface area contributed by atoms with Crippen molar-refractivity contribution in [1.29, 1.82) is 0 Å². The summed E-state index contributed by atoms with van der Waals surface area (Å²) >= 11 is 3.74. The topological polar surface area (TPSA) is 22.8 Å². The van der Waals surface area contributed by atoms with E-state index in [0.717, 1.165) is 47.2 Å². The van der Waals surface area contributed by atoms with Gasteiger partial charge >= 0.3 is 0 Å². The van der Waals surface area contributed by atoms with Crippen molar-refractivity contribution in [2.24, 2.45) is 5.92 Å². The third kappa shape index (κ3) is 3.11. The Labute approximate surface area is 158 Å². The lowest BCUT2D eigenvalue weighted by Crippen LogP contribution is -2.30. The summed E-state index contributed by atoms with van der Waals surface area (Å²) in [6.07, 6.45) is 10.8. The van der Waals surface area contributed by atoms with Crippen molar-refractivity contribution in [2.45, 2.75) is 44.1 Å². The average Bonchev–Trinajstić information content (AvgIpc) is 2.79. The number of rotatable bonds is 3. The second kappa shape index (κ2) is 7.25. The summed E-state index contributed by atoms with van der Waals surface area (Å²) in [6, 6.07) is 3.89. The lowest BCUT2D eigenvalue weighted by molar-refractivity contribution is 0.379. The first-order valence-corrected chi connectivity index (χ1v) is 9.51. The minimum atomic E-state index is -0.436. The molecule has 0 aromatic heterocycles. The summed E-state index contributed by atoms with van der Waals surface area (Å²) in [5.41, 5.74) is 1.97. The molecule has 0 aliphatic heterocycles. The summed E-state index contributed by atoms with van der Waals surface area (Å²) in [7, 11) is 3.39. The third-order valence-corrected chi connectivity index (χ3v) is 6.34. The zero-order valence-electron chi connectivity index (χ0n) is 15.0. The van der Waals surface area contributed by atoms with Gasteiger partial charge in [0, 0.05) is 30.4 Å². The van der Waals surface area contributed by atoms with E-state index in [1.807, 2.05) is 12.1 Å². The maximum Gasteiger partial charge on any atom is 0.254 e. The molecule has 1 aromatic rings. The number of benzene rings is 1. The fourth-order valence-corrected chi connectivity index (χ4v) is 4.95. The predicted molar refractivity (Wildman–Crippen MR) is 104 cm³/mol. The molecule has 132 valence electrons. The molecule has 3 atom stereocenters. The summed E-state index contributed by atoms with van der Waals surface area (Å²) in [4.78, 5) is 4.01. The van der Waals surface area contributed by atoms with E-state index in [4.69, 9.17) is 16.0 Å². The van der Waals surface area contributed by atoms with E-state index in [2.05, 4.69) is 45.9 Å². The van der Waals surface area contributed by atoms with Gasteiger partial charge in [0.25, 0.3) is 5.54 Å². The molecule has 0 amide bonds. The fourth-order valence-electron chi connectivity index (χ4n) is 4.20. The summed E-state index contributed by atoms with van der Waals surface area (Å²) in [5, 5.41) is 0. The Hall–Kier alpha value is -1.73. The molecule has 3 rings (SSSR count). The first-order valence-electron chi connectivity index (χ1n) is 8.72. The van der Waals surface area contributed by atoms with Gasteiger partial charge in [0.05, 0.1) is 18.7 Å². The Morgan fingerprint density at radius 1 is 1.24 bits per heavy atom. The molecule has 2 aliphatic carbocycles. The number of hydrogen-bond donors (Lipinski definition) is 0. The standard InChI is InChI=1S/C21H24BrNO2/c1-21(23-2)13-7-9-15(14-8-5-6-10-16(14)21)19-17(24-3)11-12-18(25-4)20(19)22/h7,9-12,14-15H,5-6,8,13H2,1,3-4H3/t14-,15+,21?/m0/s1. The zero-order chi connectivity index (χ0) is 18.0. The van der Waals surface area contributed by atoms with E-state index in [1.165, 1.54) is 5.57 Å². The fraction of sp³-hybridized carbons (Fsp3) is 0.476. The smallest absolute Gasteiger partial charge is 0.254 e. The first kappa shape index (κ1) is 18.1. The minimum Gasteiger partial charge on any atom is -0.496 e. The van der Waals surface area contributed by atoms with E-state index < -0.39 is 5.54 Å². The van der Waals surface area contributed by atoms with Crippen LogP contribution in [-0.2, 0) is 0 Å². The molecule has 1 unspecified atom stereocenters.